The van der Waals surface area contributed by atoms with Crippen LogP contribution in [0.1, 0.15) is 19.4 Å². The van der Waals surface area contributed by atoms with Gasteiger partial charge in [0.25, 0.3) is 0 Å². The monoisotopic (exact) mass is 351 g/mol. The number of halogens is 3. The number of rotatable bonds is 6. The highest BCUT2D eigenvalue weighted by Crippen LogP contribution is 2.24. The fourth-order valence-electron chi connectivity index (χ4n) is 1.32. The molecule has 1 rings (SSSR count). The van der Waals surface area contributed by atoms with Crippen molar-refractivity contribution in [1.29, 1.82) is 0 Å². The van der Waals surface area contributed by atoms with Crippen LogP contribution in [0.2, 0.25) is 0 Å². The summed E-state index contributed by atoms with van der Waals surface area (Å²) in [5.41, 5.74) is 2.39. The number of nitrogens with one attached hydrogen (secondary N) is 1. The molecule has 18 heavy (non-hydrogen) atoms. The molecule has 0 bridgehead atoms. The van der Waals surface area contributed by atoms with Crippen molar-refractivity contribution < 1.29 is 4.74 Å². The normalized spacial score (nSPS) is 12.0. The van der Waals surface area contributed by atoms with E-state index in [4.69, 9.17) is 27.9 Å². The second-order valence-electron chi connectivity index (χ2n) is 4.13. The van der Waals surface area contributed by atoms with E-state index in [9.17, 15) is 0 Å². The summed E-state index contributed by atoms with van der Waals surface area (Å²) in [6, 6.07) is 6.30. The van der Waals surface area contributed by atoms with E-state index < -0.39 is 0 Å². The van der Waals surface area contributed by atoms with Gasteiger partial charge in [0.15, 0.2) is 0 Å². The van der Waals surface area contributed by atoms with Crippen molar-refractivity contribution in [3.05, 3.63) is 38.8 Å². The van der Waals surface area contributed by atoms with Crippen LogP contribution in [0, 0.1) is 0 Å². The number of hydrogen-bond donors (Lipinski definition) is 1. The molecule has 0 radical (unpaired) electrons. The molecule has 0 spiro atoms. The molecule has 2 nitrogen and oxygen atoms in total. The van der Waals surface area contributed by atoms with Crippen LogP contribution in [0.25, 0.3) is 0 Å². The van der Waals surface area contributed by atoms with Crippen LogP contribution in [0.4, 0.5) is 0 Å². The molecule has 1 aromatic rings. The Kier molecular flexibility index (Phi) is 7.08. The average Bonchev–Trinajstić information content (AvgIpc) is 2.34. The lowest BCUT2D eigenvalue weighted by Gasteiger charge is -2.14. The molecule has 0 aliphatic heterocycles. The van der Waals surface area contributed by atoms with Gasteiger partial charge in [-0.05, 0) is 18.2 Å². The SMILES string of the molecule is CC(C)NCc1cc(Br)ccc1OCC(Cl)=CCl. The van der Waals surface area contributed by atoms with E-state index in [1.54, 1.807) is 0 Å². The Bertz CT molecular complexity index is 421. The quantitative estimate of drug-likeness (QED) is 0.804. The second-order valence-corrected chi connectivity index (χ2v) is 5.75. The van der Waals surface area contributed by atoms with Gasteiger partial charge in [-0.15, -0.1) is 0 Å². The van der Waals surface area contributed by atoms with E-state index in [1.165, 1.54) is 5.54 Å². The van der Waals surface area contributed by atoms with Crippen molar-refractivity contribution in [3.8, 4) is 5.75 Å². The Morgan fingerprint density at radius 2 is 2.22 bits per heavy atom. The smallest absolute Gasteiger partial charge is 0.125 e. The van der Waals surface area contributed by atoms with Gasteiger partial charge in [-0.25, -0.2) is 0 Å². The molecule has 0 aliphatic carbocycles. The van der Waals surface area contributed by atoms with E-state index in [0.717, 1.165) is 22.3 Å². The highest BCUT2D eigenvalue weighted by molar-refractivity contribution is 9.10. The van der Waals surface area contributed by atoms with Gasteiger partial charge in [0.1, 0.15) is 12.4 Å². The van der Waals surface area contributed by atoms with E-state index in [-0.39, 0.29) is 6.61 Å². The van der Waals surface area contributed by atoms with Gasteiger partial charge in [-0.3, -0.25) is 0 Å². The molecule has 0 atom stereocenters. The number of hydrogen-bond acceptors (Lipinski definition) is 2. The van der Waals surface area contributed by atoms with Crippen molar-refractivity contribution in [2.45, 2.75) is 26.4 Å². The Morgan fingerprint density at radius 3 is 2.83 bits per heavy atom. The maximum atomic E-state index is 5.81. The summed E-state index contributed by atoms with van der Waals surface area (Å²) in [4.78, 5) is 0. The molecule has 0 fully saturated rings. The van der Waals surface area contributed by atoms with Gasteiger partial charge in [0.05, 0.1) is 5.03 Å². The first kappa shape index (κ1) is 15.8. The predicted molar refractivity (Wildman–Crippen MR) is 81.4 cm³/mol. The highest BCUT2D eigenvalue weighted by atomic mass is 79.9. The summed E-state index contributed by atoms with van der Waals surface area (Å²) in [5.74, 6) is 0.808. The minimum atomic E-state index is 0.279. The molecular weight excluding hydrogens is 337 g/mol. The Hall–Kier alpha value is -0.220. The lowest BCUT2D eigenvalue weighted by Crippen LogP contribution is -2.22. The molecule has 100 valence electrons. The lowest BCUT2D eigenvalue weighted by molar-refractivity contribution is 0.353. The molecule has 5 heteroatoms. The zero-order chi connectivity index (χ0) is 13.5. The first-order valence-electron chi connectivity index (χ1n) is 5.62. The number of benzene rings is 1. The summed E-state index contributed by atoms with van der Waals surface area (Å²) in [6.45, 7) is 5.23. The van der Waals surface area contributed by atoms with Crippen LogP contribution < -0.4 is 10.1 Å². The molecule has 0 unspecified atom stereocenters. The molecule has 0 aromatic heterocycles. The van der Waals surface area contributed by atoms with E-state index >= 15 is 0 Å². The summed E-state index contributed by atoms with van der Waals surface area (Å²) < 4.78 is 6.65. The third-order valence-electron chi connectivity index (χ3n) is 2.21. The van der Waals surface area contributed by atoms with Gasteiger partial charge < -0.3 is 10.1 Å². The number of ether oxygens (including phenoxy) is 1. The second kappa shape index (κ2) is 8.05. The third kappa shape index (κ3) is 5.61. The standard InChI is InChI=1S/C13H16BrCl2NO/c1-9(2)17-7-10-5-11(14)3-4-13(10)18-8-12(16)6-15/h3-6,9,17H,7-8H2,1-2H3. The first-order chi connectivity index (χ1) is 8.52. The van der Waals surface area contributed by atoms with Gasteiger partial charge in [-0.1, -0.05) is 53.0 Å². The Morgan fingerprint density at radius 1 is 1.50 bits per heavy atom. The molecule has 0 aliphatic rings. The zero-order valence-corrected chi connectivity index (χ0v) is 13.4. The Balaban J connectivity index is 2.76. The van der Waals surface area contributed by atoms with Crippen LogP contribution in [0.3, 0.4) is 0 Å². The van der Waals surface area contributed by atoms with E-state index in [0.29, 0.717) is 11.1 Å². The van der Waals surface area contributed by atoms with Crippen LogP contribution in [0.5, 0.6) is 5.75 Å². The van der Waals surface area contributed by atoms with Crippen molar-refractivity contribution >= 4 is 39.1 Å². The molecule has 0 amide bonds. The van der Waals surface area contributed by atoms with Crippen molar-refractivity contribution in [2.24, 2.45) is 0 Å². The minimum Gasteiger partial charge on any atom is -0.488 e. The highest BCUT2D eigenvalue weighted by Gasteiger charge is 2.06. The largest absolute Gasteiger partial charge is 0.488 e. The third-order valence-corrected chi connectivity index (χ3v) is 3.29. The molecule has 0 saturated carbocycles. The van der Waals surface area contributed by atoms with Crippen LogP contribution in [-0.2, 0) is 6.54 Å². The topological polar surface area (TPSA) is 21.3 Å². The average molecular weight is 353 g/mol. The van der Waals surface area contributed by atoms with Crippen LogP contribution in [-0.4, -0.2) is 12.6 Å². The molecule has 0 saturated heterocycles. The van der Waals surface area contributed by atoms with E-state index in [1.807, 2.05) is 18.2 Å². The van der Waals surface area contributed by atoms with Gasteiger partial charge in [-0.2, -0.15) is 0 Å². The first-order valence-corrected chi connectivity index (χ1v) is 7.23. The fraction of sp³-hybridized carbons (Fsp3) is 0.385. The van der Waals surface area contributed by atoms with Gasteiger partial charge in [0, 0.05) is 28.2 Å². The minimum absolute atomic E-state index is 0.279. The molecule has 0 heterocycles. The van der Waals surface area contributed by atoms with Crippen molar-refractivity contribution in [1.82, 2.24) is 5.32 Å². The zero-order valence-electron chi connectivity index (χ0n) is 10.3. The summed E-state index contributed by atoms with van der Waals surface area (Å²) in [6.07, 6.45) is 0. The van der Waals surface area contributed by atoms with Gasteiger partial charge in [0.2, 0.25) is 0 Å². The van der Waals surface area contributed by atoms with Crippen molar-refractivity contribution in [2.75, 3.05) is 6.61 Å². The Labute approximate surface area is 126 Å². The van der Waals surface area contributed by atoms with Crippen LogP contribution >= 0.6 is 39.1 Å². The summed E-state index contributed by atoms with van der Waals surface area (Å²) >= 11 is 14.8. The molecular formula is C13H16BrCl2NO. The predicted octanol–water partition coefficient (Wildman–Crippen LogP) is 4.64. The summed E-state index contributed by atoms with van der Waals surface area (Å²) in [7, 11) is 0. The molecule has 1 aromatic carbocycles. The van der Waals surface area contributed by atoms with Crippen molar-refractivity contribution in [3.63, 3.8) is 0 Å². The fourth-order valence-corrected chi connectivity index (χ4v) is 1.85. The molecule has 1 N–H and O–H groups in total. The summed E-state index contributed by atoms with van der Waals surface area (Å²) in [5, 5.41) is 3.83. The van der Waals surface area contributed by atoms with Gasteiger partial charge >= 0.3 is 0 Å². The van der Waals surface area contributed by atoms with Crippen LogP contribution in [0.15, 0.2) is 33.2 Å². The maximum absolute atomic E-state index is 5.81. The lowest BCUT2D eigenvalue weighted by atomic mass is 10.2. The maximum Gasteiger partial charge on any atom is 0.125 e. The van der Waals surface area contributed by atoms with E-state index in [2.05, 4.69) is 35.1 Å².